The molecule has 0 atom stereocenters. The minimum atomic E-state index is -0.0960. The van der Waals surface area contributed by atoms with Gasteiger partial charge in [-0.3, -0.25) is 10.2 Å². The lowest BCUT2D eigenvalue weighted by atomic mass is 10.2. The van der Waals surface area contributed by atoms with Gasteiger partial charge in [0.25, 0.3) is 0 Å². The van der Waals surface area contributed by atoms with E-state index in [0.29, 0.717) is 6.42 Å². The topological polar surface area (TPSA) is 53.0 Å². The van der Waals surface area contributed by atoms with E-state index in [9.17, 15) is 4.79 Å². The minimum Gasteiger partial charge on any atom is -0.311 e. The zero-order valence-electron chi connectivity index (χ0n) is 8.21. The number of amidine groups is 1. The fraction of sp³-hybridized carbons (Fsp3) is 0.273. The van der Waals surface area contributed by atoms with E-state index in [0.717, 1.165) is 12.0 Å². The third-order valence-corrected chi connectivity index (χ3v) is 1.80. The standard InChI is InChI=1S/C11H14N2O/c1-2-6-10(14)13-11(12)9-7-4-3-5-8-9/h3-5,7-8H,2,6H2,1H3,(H2,12,13,14). The summed E-state index contributed by atoms with van der Waals surface area (Å²) in [6.07, 6.45) is 1.27. The molecule has 14 heavy (non-hydrogen) atoms. The first-order valence-corrected chi connectivity index (χ1v) is 4.68. The van der Waals surface area contributed by atoms with Crippen LogP contribution < -0.4 is 5.32 Å². The lowest BCUT2D eigenvalue weighted by Crippen LogP contribution is -2.29. The molecule has 0 saturated carbocycles. The van der Waals surface area contributed by atoms with Crippen molar-refractivity contribution in [1.29, 1.82) is 5.41 Å². The molecule has 0 saturated heterocycles. The van der Waals surface area contributed by atoms with E-state index in [1.807, 2.05) is 25.1 Å². The first-order valence-electron chi connectivity index (χ1n) is 4.68. The quantitative estimate of drug-likeness (QED) is 0.555. The molecule has 74 valence electrons. The van der Waals surface area contributed by atoms with Crippen LogP contribution in [0.25, 0.3) is 0 Å². The molecule has 3 nitrogen and oxygen atoms in total. The van der Waals surface area contributed by atoms with Gasteiger partial charge < -0.3 is 5.32 Å². The largest absolute Gasteiger partial charge is 0.311 e. The Morgan fingerprint density at radius 3 is 2.57 bits per heavy atom. The molecular formula is C11H14N2O. The van der Waals surface area contributed by atoms with Gasteiger partial charge in [0.15, 0.2) is 0 Å². The third-order valence-electron chi connectivity index (χ3n) is 1.80. The van der Waals surface area contributed by atoms with Gasteiger partial charge in [-0.15, -0.1) is 0 Å². The van der Waals surface area contributed by atoms with Crippen molar-refractivity contribution in [2.24, 2.45) is 0 Å². The lowest BCUT2D eigenvalue weighted by Gasteiger charge is -2.05. The molecule has 0 fully saturated rings. The fourth-order valence-electron chi connectivity index (χ4n) is 1.11. The van der Waals surface area contributed by atoms with E-state index in [1.54, 1.807) is 12.1 Å². The number of carbonyl (C=O) groups excluding carboxylic acids is 1. The molecule has 1 aromatic rings. The van der Waals surface area contributed by atoms with Crippen molar-refractivity contribution in [2.75, 3.05) is 0 Å². The van der Waals surface area contributed by atoms with Crippen LogP contribution in [0.1, 0.15) is 25.3 Å². The minimum absolute atomic E-state index is 0.0960. The van der Waals surface area contributed by atoms with Gasteiger partial charge in [-0.05, 0) is 6.42 Å². The number of hydrogen-bond donors (Lipinski definition) is 2. The van der Waals surface area contributed by atoms with Crippen molar-refractivity contribution in [3.05, 3.63) is 35.9 Å². The van der Waals surface area contributed by atoms with Crippen LogP contribution in [0.5, 0.6) is 0 Å². The smallest absolute Gasteiger partial charge is 0.225 e. The second-order valence-corrected chi connectivity index (χ2v) is 3.04. The fourth-order valence-corrected chi connectivity index (χ4v) is 1.11. The molecular weight excluding hydrogens is 176 g/mol. The third kappa shape index (κ3) is 3.01. The van der Waals surface area contributed by atoms with Crippen LogP contribution in [-0.2, 0) is 4.79 Å². The zero-order valence-corrected chi connectivity index (χ0v) is 8.21. The maximum atomic E-state index is 11.2. The van der Waals surface area contributed by atoms with Crippen LogP contribution in [0.4, 0.5) is 0 Å². The molecule has 0 heterocycles. The highest BCUT2D eigenvalue weighted by atomic mass is 16.1. The van der Waals surface area contributed by atoms with Gasteiger partial charge in [0.2, 0.25) is 5.91 Å². The Bertz CT molecular complexity index is 319. The number of nitrogens with one attached hydrogen (secondary N) is 2. The predicted molar refractivity (Wildman–Crippen MR) is 56.3 cm³/mol. The van der Waals surface area contributed by atoms with E-state index >= 15 is 0 Å². The van der Waals surface area contributed by atoms with Crippen molar-refractivity contribution >= 4 is 11.7 Å². The number of benzene rings is 1. The van der Waals surface area contributed by atoms with Gasteiger partial charge in [0, 0.05) is 12.0 Å². The van der Waals surface area contributed by atoms with Crippen LogP contribution >= 0.6 is 0 Å². The first kappa shape index (κ1) is 10.4. The van der Waals surface area contributed by atoms with Gasteiger partial charge in [-0.2, -0.15) is 0 Å². The van der Waals surface area contributed by atoms with Crippen LogP contribution in [0.3, 0.4) is 0 Å². The summed E-state index contributed by atoms with van der Waals surface area (Å²) in [7, 11) is 0. The van der Waals surface area contributed by atoms with Crippen LogP contribution in [0.15, 0.2) is 30.3 Å². The van der Waals surface area contributed by atoms with Crippen molar-refractivity contribution in [3.63, 3.8) is 0 Å². The molecule has 3 heteroatoms. The molecule has 0 bridgehead atoms. The van der Waals surface area contributed by atoms with Crippen molar-refractivity contribution in [2.45, 2.75) is 19.8 Å². The summed E-state index contributed by atoms with van der Waals surface area (Å²) in [6.45, 7) is 1.94. The highest BCUT2D eigenvalue weighted by Gasteiger charge is 2.04. The highest BCUT2D eigenvalue weighted by Crippen LogP contribution is 1.98. The second-order valence-electron chi connectivity index (χ2n) is 3.04. The Morgan fingerprint density at radius 1 is 1.36 bits per heavy atom. The Morgan fingerprint density at radius 2 is 2.00 bits per heavy atom. The van der Waals surface area contributed by atoms with Gasteiger partial charge >= 0.3 is 0 Å². The Kier molecular flexibility index (Phi) is 3.85. The lowest BCUT2D eigenvalue weighted by molar-refractivity contribution is -0.119. The molecule has 0 radical (unpaired) electrons. The van der Waals surface area contributed by atoms with E-state index < -0.39 is 0 Å². The molecule has 0 unspecified atom stereocenters. The van der Waals surface area contributed by atoms with Crippen LogP contribution in [-0.4, -0.2) is 11.7 Å². The average Bonchev–Trinajstić information content (AvgIpc) is 2.19. The summed E-state index contributed by atoms with van der Waals surface area (Å²) in [4.78, 5) is 11.2. The van der Waals surface area contributed by atoms with Crippen LogP contribution in [0.2, 0.25) is 0 Å². The van der Waals surface area contributed by atoms with Crippen molar-refractivity contribution < 1.29 is 4.79 Å². The summed E-state index contributed by atoms with van der Waals surface area (Å²) >= 11 is 0. The number of hydrogen-bond acceptors (Lipinski definition) is 2. The Labute approximate surface area is 83.7 Å². The number of rotatable bonds is 3. The summed E-state index contributed by atoms with van der Waals surface area (Å²) in [6, 6.07) is 9.17. The van der Waals surface area contributed by atoms with E-state index in [4.69, 9.17) is 5.41 Å². The van der Waals surface area contributed by atoms with Gasteiger partial charge in [-0.25, -0.2) is 0 Å². The SMILES string of the molecule is CCCC(=O)NC(=N)c1ccccc1. The van der Waals surface area contributed by atoms with E-state index in [2.05, 4.69) is 5.32 Å². The molecule has 0 spiro atoms. The molecule has 0 aliphatic rings. The van der Waals surface area contributed by atoms with Crippen molar-refractivity contribution in [3.8, 4) is 0 Å². The number of amides is 1. The summed E-state index contributed by atoms with van der Waals surface area (Å²) in [5, 5.41) is 10.1. The molecule has 0 aromatic heterocycles. The molecule has 0 aliphatic carbocycles. The number of carbonyl (C=O) groups is 1. The zero-order chi connectivity index (χ0) is 10.4. The molecule has 1 amide bonds. The highest BCUT2D eigenvalue weighted by molar-refractivity contribution is 6.06. The molecule has 1 aromatic carbocycles. The summed E-state index contributed by atoms with van der Waals surface area (Å²) < 4.78 is 0. The molecule has 1 rings (SSSR count). The van der Waals surface area contributed by atoms with Gasteiger partial charge in [0.1, 0.15) is 5.84 Å². The molecule has 2 N–H and O–H groups in total. The van der Waals surface area contributed by atoms with Gasteiger partial charge in [-0.1, -0.05) is 37.3 Å². The van der Waals surface area contributed by atoms with E-state index in [1.165, 1.54) is 0 Å². The average molecular weight is 190 g/mol. The maximum absolute atomic E-state index is 11.2. The monoisotopic (exact) mass is 190 g/mol. The first-order chi connectivity index (χ1) is 6.74. The maximum Gasteiger partial charge on any atom is 0.225 e. The normalized spacial score (nSPS) is 9.50. The van der Waals surface area contributed by atoms with Crippen LogP contribution in [0, 0.1) is 5.41 Å². The molecule has 0 aliphatic heterocycles. The Hall–Kier alpha value is -1.64. The van der Waals surface area contributed by atoms with E-state index in [-0.39, 0.29) is 11.7 Å². The second kappa shape index (κ2) is 5.17. The Balaban J connectivity index is 2.55. The predicted octanol–water partition coefficient (Wildman–Crippen LogP) is 1.93. The van der Waals surface area contributed by atoms with Gasteiger partial charge in [0.05, 0.1) is 0 Å². The summed E-state index contributed by atoms with van der Waals surface area (Å²) in [5.41, 5.74) is 0.733. The summed E-state index contributed by atoms with van der Waals surface area (Å²) in [5.74, 6) is 0.0744. The van der Waals surface area contributed by atoms with Crippen molar-refractivity contribution in [1.82, 2.24) is 5.32 Å².